The van der Waals surface area contributed by atoms with Gasteiger partial charge in [0.15, 0.2) is 0 Å². The molecule has 0 aliphatic carbocycles. The molecule has 2 amide bonds. The standard InChI is InChI=1S/C24H33N3O2/c1-15(2)20-8-10-21(11-9-20)25-24(29)19(6)27(7)14-22(28)26-23-17(4)12-16(3)13-18(23)5/h8-13,15,19H,14H2,1-7H3,(H,25,29)(H,26,28). The van der Waals surface area contributed by atoms with E-state index in [9.17, 15) is 9.59 Å². The summed E-state index contributed by atoms with van der Waals surface area (Å²) >= 11 is 0. The Bertz CT molecular complexity index is 849. The smallest absolute Gasteiger partial charge is 0.241 e. The van der Waals surface area contributed by atoms with Crippen molar-refractivity contribution in [3.05, 3.63) is 58.7 Å². The first-order valence-corrected chi connectivity index (χ1v) is 10.1. The highest BCUT2D eigenvalue weighted by atomic mass is 16.2. The fourth-order valence-electron chi connectivity index (χ4n) is 3.32. The first-order chi connectivity index (χ1) is 13.6. The number of hydrogen-bond acceptors (Lipinski definition) is 3. The molecule has 156 valence electrons. The number of benzene rings is 2. The van der Waals surface area contributed by atoms with E-state index in [0.29, 0.717) is 5.92 Å². The van der Waals surface area contributed by atoms with E-state index in [1.165, 1.54) is 11.1 Å². The van der Waals surface area contributed by atoms with Crippen LogP contribution in [0.5, 0.6) is 0 Å². The second-order valence-electron chi connectivity index (χ2n) is 8.18. The van der Waals surface area contributed by atoms with Gasteiger partial charge in [0.05, 0.1) is 12.6 Å². The molecule has 1 atom stereocenters. The first kappa shape index (κ1) is 22.6. The summed E-state index contributed by atoms with van der Waals surface area (Å²) in [6, 6.07) is 11.5. The molecule has 2 N–H and O–H groups in total. The molecule has 2 aromatic carbocycles. The number of amides is 2. The summed E-state index contributed by atoms with van der Waals surface area (Å²) in [5, 5.41) is 5.91. The topological polar surface area (TPSA) is 61.4 Å². The van der Waals surface area contributed by atoms with Gasteiger partial charge in [-0.05, 0) is 69.5 Å². The summed E-state index contributed by atoms with van der Waals surface area (Å²) in [4.78, 5) is 26.8. The van der Waals surface area contributed by atoms with E-state index in [-0.39, 0.29) is 18.4 Å². The molecule has 2 rings (SSSR count). The van der Waals surface area contributed by atoms with Crippen molar-refractivity contribution < 1.29 is 9.59 Å². The van der Waals surface area contributed by atoms with E-state index in [1.54, 1.807) is 18.9 Å². The van der Waals surface area contributed by atoms with Crippen molar-refractivity contribution in [1.29, 1.82) is 0 Å². The molecule has 0 aliphatic rings. The van der Waals surface area contributed by atoms with Gasteiger partial charge in [-0.3, -0.25) is 14.5 Å². The van der Waals surface area contributed by atoms with Crippen LogP contribution in [0.1, 0.15) is 48.9 Å². The van der Waals surface area contributed by atoms with E-state index in [2.05, 4.69) is 24.5 Å². The molecule has 0 aliphatic heterocycles. The molecule has 0 bridgehead atoms. The Morgan fingerprint density at radius 2 is 1.48 bits per heavy atom. The molecule has 0 saturated heterocycles. The number of carbonyl (C=O) groups is 2. The molecule has 1 unspecified atom stereocenters. The molecule has 5 nitrogen and oxygen atoms in total. The number of hydrogen-bond donors (Lipinski definition) is 2. The van der Waals surface area contributed by atoms with Crippen LogP contribution >= 0.6 is 0 Å². The third-order valence-electron chi connectivity index (χ3n) is 5.22. The maximum Gasteiger partial charge on any atom is 0.241 e. The third-order valence-corrected chi connectivity index (χ3v) is 5.22. The van der Waals surface area contributed by atoms with Crippen LogP contribution in [0.15, 0.2) is 36.4 Å². The highest BCUT2D eigenvalue weighted by molar-refractivity contribution is 5.96. The lowest BCUT2D eigenvalue weighted by Crippen LogP contribution is -2.43. The van der Waals surface area contributed by atoms with Gasteiger partial charge in [0, 0.05) is 11.4 Å². The van der Waals surface area contributed by atoms with E-state index in [0.717, 1.165) is 22.5 Å². The predicted octanol–water partition coefficient (Wildman–Crippen LogP) is 4.63. The zero-order chi connectivity index (χ0) is 21.7. The van der Waals surface area contributed by atoms with Crippen molar-refractivity contribution in [1.82, 2.24) is 4.90 Å². The number of nitrogens with zero attached hydrogens (tertiary/aromatic N) is 1. The summed E-state index contributed by atoms with van der Waals surface area (Å²) in [5.74, 6) is 0.174. The van der Waals surface area contributed by atoms with Crippen molar-refractivity contribution in [2.24, 2.45) is 0 Å². The van der Waals surface area contributed by atoms with Gasteiger partial charge in [-0.25, -0.2) is 0 Å². The third kappa shape index (κ3) is 6.16. The minimum atomic E-state index is -0.439. The zero-order valence-electron chi connectivity index (χ0n) is 18.6. The highest BCUT2D eigenvalue weighted by Gasteiger charge is 2.21. The second kappa shape index (κ2) is 9.70. The molecule has 2 aromatic rings. The average Bonchev–Trinajstić information content (AvgIpc) is 2.64. The Morgan fingerprint density at radius 1 is 0.931 bits per heavy atom. The Morgan fingerprint density at radius 3 is 2.00 bits per heavy atom. The maximum absolute atomic E-state index is 12.6. The summed E-state index contributed by atoms with van der Waals surface area (Å²) in [5.41, 5.74) is 6.07. The highest BCUT2D eigenvalue weighted by Crippen LogP contribution is 2.22. The van der Waals surface area contributed by atoms with Crippen molar-refractivity contribution in [2.45, 2.75) is 53.5 Å². The first-order valence-electron chi connectivity index (χ1n) is 10.1. The van der Waals surface area contributed by atoms with Gasteiger partial charge in [-0.1, -0.05) is 43.7 Å². The second-order valence-corrected chi connectivity index (χ2v) is 8.18. The van der Waals surface area contributed by atoms with Gasteiger partial charge in [0.25, 0.3) is 0 Å². The van der Waals surface area contributed by atoms with Gasteiger partial charge in [0.2, 0.25) is 11.8 Å². The largest absolute Gasteiger partial charge is 0.325 e. The monoisotopic (exact) mass is 395 g/mol. The Kier molecular flexibility index (Phi) is 7.57. The van der Waals surface area contributed by atoms with Crippen LogP contribution in [-0.2, 0) is 9.59 Å². The van der Waals surface area contributed by atoms with Crippen LogP contribution in [0.25, 0.3) is 0 Å². The number of likely N-dealkylation sites (N-methyl/N-ethyl adjacent to an activating group) is 1. The summed E-state index contributed by atoms with van der Waals surface area (Å²) in [7, 11) is 1.78. The lowest BCUT2D eigenvalue weighted by atomic mass is 10.0. The molecular weight excluding hydrogens is 362 g/mol. The molecular formula is C24H33N3O2. The Labute approximate surface area is 174 Å². The average molecular weight is 396 g/mol. The van der Waals surface area contributed by atoms with Gasteiger partial charge in [-0.15, -0.1) is 0 Å². The SMILES string of the molecule is Cc1cc(C)c(NC(=O)CN(C)C(C)C(=O)Nc2ccc(C(C)C)cc2)c(C)c1. The molecule has 29 heavy (non-hydrogen) atoms. The van der Waals surface area contributed by atoms with Gasteiger partial charge < -0.3 is 10.6 Å². The van der Waals surface area contributed by atoms with Crippen LogP contribution in [0.2, 0.25) is 0 Å². The van der Waals surface area contributed by atoms with E-state index >= 15 is 0 Å². The van der Waals surface area contributed by atoms with Crippen molar-refractivity contribution in [2.75, 3.05) is 24.2 Å². The van der Waals surface area contributed by atoms with Crippen molar-refractivity contribution >= 4 is 23.2 Å². The zero-order valence-corrected chi connectivity index (χ0v) is 18.6. The van der Waals surface area contributed by atoms with Gasteiger partial charge in [-0.2, -0.15) is 0 Å². The van der Waals surface area contributed by atoms with E-state index in [4.69, 9.17) is 0 Å². The number of aryl methyl sites for hydroxylation is 3. The molecule has 0 fully saturated rings. The van der Waals surface area contributed by atoms with E-state index in [1.807, 2.05) is 57.2 Å². The van der Waals surface area contributed by atoms with Gasteiger partial charge in [0.1, 0.15) is 0 Å². The molecule has 0 spiro atoms. The summed E-state index contributed by atoms with van der Waals surface area (Å²) < 4.78 is 0. The quantitative estimate of drug-likeness (QED) is 0.718. The van der Waals surface area contributed by atoms with Crippen molar-refractivity contribution in [3.63, 3.8) is 0 Å². The Balaban J connectivity index is 1.94. The number of anilines is 2. The fraction of sp³-hybridized carbons (Fsp3) is 0.417. The normalized spacial score (nSPS) is 12.2. The number of carbonyl (C=O) groups excluding carboxylic acids is 2. The molecule has 5 heteroatoms. The van der Waals surface area contributed by atoms with Crippen LogP contribution in [0, 0.1) is 20.8 Å². The van der Waals surface area contributed by atoms with Crippen LogP contribution in [0.3, 0.4) is 0 Å². The molecule has 0 radical (unpaired) electrons. The summed E-state index contributed by atoms with van der Waals surface area (Å²) in [6.45, 7) is 12.2. The lowest BCUT2D eigenvalue weighted by molar-refractivity contribution is -0.122. The molecule has 0 saturated carbocycles. The fourth-order valence-corrected chi connectivity index (χ4v) is 3.32. The minimum Gasteiger partial charge on any atom is -0.325 e. The van der Waals surface area contributed by atoms with Crippen LogP contribution < -0.4 is 10.6 Å². The van der Waals surface area contributed by atoms with Crippen molar-refractivity contribution in [3.8, 4) is 0 Å². The van der Waals surface area contributed by atoms with Crippen LogP contribution in [-0.4, -0.2) is 36.3 Å². The van der Waals surface area contributed by atoms with E-state index < -0.39 is 6.04 Å². The number of nitrogens with one attached hydrogen (secondary N) is 2. The number of rotatable bonds is 7. The van der Waals surface area contributed by atoms with Crippen LogP contribution in [0.4, 0.5) is 11.4 Å². The van der Waals surface area contributed by atoms with Gasteiger partial charge >= 0.3 is 0 Å². The summed E-state index contributed by atoms with van der Waals surface area (Å²) in [6.07, 6.45) is 0. The molecule has 0 aromatic heterocycles. The Hall–Kier alpha value is -2.66. The predicted molar refractivity (Wildman–Crippen MR) is 121 cm³/mol. The minimum absolute atomic E-state index is 0.133. The maximum atomic E-state index is 12.6. The lowest BCUT2D eigenvalue weighted by Gasteiger charge is -2.24. The molecule has 0 heterocycles.